The Balaban J connectivity index is 0.00000261. The van der Waals surface area contributed by atoms with Gasteiger partial charge in [0.15, 0.2) is 0 Å². The summed E-state index contributed by atoms with van der Waals surface area (Å²) < 4.78 is 27.0. The van der Waals surface area contributed by atoms with Crippen LogP contribution in [0, 0.1) is 0 Å². The Morgan fingerprint density at radius 3 is 2.22 bits per heavy atom. The van der Waals surface area contributed by atoms with Crippen LogP contribution >= 0.6 is 12.4 Å². The number of carbonyl (C=O) groups is 1. The molecule has 27 heavy (non-hydrogen) atoms. The van der Waals surface area contributed by atoms with Gasteiger partial charge in [-0.1, -0.05) is 30.3 Å². The van der Waals surface area contributed by atoms with Crippen molar-refractivity contribution in [2.24, 2.45) is 5.73 Å². The Morgan fingerprint density at radius 1 is 0.926 bits per heavy atom. The van der Waals surface area contributed by atoms with E-state index in [2.05, 4.69) is 0 Å². The van der Waals surface area contributed by atoms with Gasteiger partial charge in [0, 0.05) is 38.3 Å². The van der Waals surface area contributed by atoms with E-state index in [-0.39, 0.29) is 23.2 Å². The molecule has 3 rings (SSSR count). The summed E-state index contributed by atoms with van der Waals surface area (Å²) >= 11 is 0. The van der Waals surface area contributed by atoms with Crippen molar-refractivity contribution in [1.82, 2.24) is 9.21 Å². The molecule has 1 aliphatic rings. The molecule has 2 aromatic carbocycles. The Kier molecular flexibility index (Phi) is 7.38. The minimum absolute atomic E-state index is 0. The van der Waals surface area contributed by atoms with Crippen LogP contribution in [-0.4, -0.2) is 49.7 Å². The fourth-order valence-corrected chi connectivity index (χ4v) is 4.54. The summed E-state index contributed by atoms with van der Waals surface area (Å²) in [5.41, 5.74) is 7.15. The van der Waals surface area contributed by atoms with Crippen molar-refractivity contribution >= 4 is 28.3 Å². The monoisotopic (exact) mass is 409 g/mol. The van der Waals surface area contributed by atoms with Crippen LogP contribution in [0.3, 0.4) is 0 Å². The van der Waals surface area contributed by atoms with Crippen LogP contribution < -0.4 is 5.73 Å². The highest BCUT2D eigenvalue weighted by atomic mass is 35.5. The Morgan fingerprint density at radius 2 is 1.59 bits per heavy atom. The number of hydrogen-bond acceptors (Lipinski definition) is 4. The smallest absolute Gasteiger partial charge is 0.253 e. The summed E-state index contributed by atoms with van der Waals surface area (Å²) in [6, 6.07) is 15.6. The minimum Gasteiger partial charge on any atom is -0.337 e. The number of sulfonamides is 1. The zero-order valence-corrected chi connectivity index (χ0v) is 16.6. The van der Waals surface area contributed by atoms with Crippen molar-refractivity contribution < 1.29 is 13.2 Å². The number of rotatable bonds is 4. The van der Waals surface area contributed by atoms with Crippen LogP contribution in [0.25, 0.3) is 0 Å². The van der Waals surface area contributed by atoms with Gasteiger partial charge in [-0.25, -0.2) is 8.42 Å². The van der Waals surface area contributed by atoms with Gasteiger partial charge >= 0.3 is 0 Å². The summed E-state index contributed by atoms with van der Waals surface area (Å²) in [6.45, 7) is 2.06. The van der Waals surface area contributed by atoms with Gasteiger partial charge in [-0.2, -0.15) is 4.31 Å². The number of nitrogens with zero attached hydrogens (tertiary/aromatic N) is 2. The molecule has 1 amide bonds. The number of benzene rings is 2. The van der Waals surface area contributed by atoms with Crippen molar-refractivity contribution in [2.75, 3.05) is 26.2 Å². The van der Waals surface area contributed by atoms with E-state index in [1.165, 1.54) is 4.31 Å². The van der Waals surface area contributed by atoms with Gasteiger partial charge in [0.25, 0.3) is 5.91 Å². The van der Waals surface area contributed by atoms with Crippen molar-refractivity contribution in [3.05, 3.63) is 65.7 Å². The fourth-order valence-electron chi connectivity index (χ4n) is 3.04. The third-order valence-corrected chi connectivity index (χ3v) is 6.47. The zero-order chi connectivity index (χ0) is 18.6. The molecule has 0 aromatic heterocycles. The molecule has 0 radical (unpaired) electrons. The van der Waals surface area contributed by atoms with Crippen LogP contribution in [0.4, 0.5) is 0 Å². The van der Waals surface area contributed by atoms with Crippen LogP contribution in [0.1, 0.15) is 22.3 Å². The molecule has 146 valence electrons. The lowest BCUT2D eigenvalue weighted by atomic mass is 10.1. The first kappa shape index (κ1) is 21.4. The predicted octanol–water partition coefficient (Wildman–Crippen LogP) is 2.10. The summed E-state index contributed by atoms with van der Waals surface area (Å²) in [5, 5.41) is 0. The predicted molar refractivity (Wildman–Crippen MR) is 107 cm³/mol. The van der Waals surface area contributed by atoms with E-state index in [9.17, 15) is 13.2 Å². The summed E-state index contributed by atoms with van der Waals surface area (Å²) in [5.74, 6) is -0.0764. The highest BCUT2D eigenvalue weighted by Gasteiger charge is 2.28. The molecular formula is C19H24ClN3O3S. The molecule has 0 atom stereocenters. The van der Waals surface area contributed by atoms with Crippen LogP contribution in [0.15, 0.2) is 59.5 Å². The van der Waals surface area contributed by atoms with Gasteiger partial charge in [-0.05, 0) is 36.2 Å². The van der Waals surface area contributed by atoms with Crippen molar-refractivity contribution in [1.29, 1.82) is 0 Å². The zero-order valence-electron chi connectivity index (χ0n) is 15.0. The molecule has 0 aliphatic carbocycles. The van der Waals surface area contributed by atoms with Gasteiger partial charge in [0.2, 0.25) is 10.0 Å². The molecule has 2 aromatic rings. The fraction of sp³-hybridized carbons (Fsp3) is 0.316. The maximum atomic E-state index is 12.8. The van der Waals surface area contributed by atoms with E-state index in [1.54, 1.807) is 47.4 Å². The Bertz CT molecular complexity index is 858. The number of amides is 1. The first-order valence-corrected chi connectivity index (χ1v) is 10.1. The van der Waals surface area contributed by atoms with Gasteiger partial charge in [-0.15, -0.1) is 12.4 Å². The summed E-state index contributed by atoms with van der Waals surface area (Å²) in [6.07, 6.45) is 0.610. The topological polar surface area (TPSA) is 83.7 Å². The van der Waals surface area contributed by atoms with E-state index in [4.69, 9.17) is 5.73 Å². The number of carbonyl (C=O) groups excluding carboxylic acids is 1. The van der Waals surface area contributed by atoms with Crippen LogP contribution in [0.5, 0.6) is 0 Å². The first-order valence-electron chi connectivity index (χ1n) is 8.66. The lowest BCUT2D eigenvalue weighted by molar-refractivity contribution is 0.0764. The molecule has 1 fully saturated rings. The second kappa shape index (κ2) is 9.32. The minimum atomic E-state index is -3.53. The average molecular weight is 410 g/mol. The van der Waals surface area contributed by atoms with Crippen LogP contribution in [-0.2, 0) is 16.6 Å². The molecule has 0 bridgehead atoms. The molecule has 1 heterocycles. The van der Waals surface area contributed by atoms with E-state index in [0.29, 0.717) is 44.7 Å². The highest BCUT2D eigenvalue weighted by Crippen LogP contribution is 2.18. The van der Waals surface area contributed by atoms with E-state index < -0.39 is 10.0 Å². The molecule has 0 unspecified atom stereocenters. The lowest BCUT2D eigenvalue weighted by Gasteiger charge is -2.22. The second-order valence-corrected chi connectivity index (χ2v) is 8.20. The van der Waals surface area contributed by atoms with Gasteiger partial charge in [-0.3, -0.25) is 4.79 Å². The highest BCUT2D eigenvalue weighted by molar-refractivity contribution is 7.89. The van der Waals surface area contributed by atoms with Crippen molar-refractivity contribution in [2.45, 2.75) is 17.9 Å². The van der Waals surface area contributed by atoms with Crippen molar-refractivity contribution in [3.63, 3.8) is 0 Å². The number of halogens is 1. The van der Waals surface area contributed by atoms with Crippen LogP contribution in [0.2, 0.25) is 0 Å². The Labute approximate surface area is 166 Å². The molecule has 0 spiro atoms. The van der Waals surface area contributed by atoms with Crippen molar-refractivity contribution in [3.8, 4) is 0 Å². The maximum Gasteiger partial charge on any atom is 0.253 e. The summed E-state index contributed by atoms with van der Waals surface area (Å²) in [4.78, 5) is 14.7. The number of nitrogens with two attached hydrogens (primary N) is 1. The second-order valence-electron chi connectivity index (χ2n) is 6.26. The number of hydrogen-bond donors (Lipinski definition) is 1. The Hall–Kier alpha value is -1.93. The quantitative estimate of drug-likeness (QED) is 0.838. The SMILES string of the molecule is Cl.NCc1ccc(C(=O)N2CCCN(S(=O)(=O)c3ccccc3)CC2)cc1. The first-order chi connectivity index (χ1) is 12.5. The summed E-state index contributed by atoms with van der Waals surface area (Å²) in [7, 11) is -3.53. The largest absolute Gasteiger partial charge is 0.337 e. The van der Waals surface area contributed by atoms with Gasteiger partial charge in [0.1, 0.15) is 0 Å². The maximum absolute atomic E-state index is 12.8. The molecule has 1 saturated heterocycles. The van der Waals surface area contributed by atoms with E-state index in [1.807, 2.05) is 12.1 Å². The molecule has 0 saturated carbocycles. The van der Waals surface area contributed by atoms with Gasteiger partial charge in [0.05, 0.1) is 4.90 Å². The molecule has 2 N–H and O–H groups in total. The molecule has 6 nitrogen and oxygen atoms in total. The standard InChI is InChI=1S/C19H23N3O3S.ClH/c20-15-16-7-9-17(10-8-16)19(23)21-11-4-12-22(14-13-21)26(24,25)18-5-2-1-3-6-18;/h1-3,5-10H,4,11-15,20H2;1H. The lowest BCUT2D eigenvalue weighted by Crippen LogP contribution is -2.37. The molecule has 1 aliphatic heterocycles. The van der Waals surface area contributed by atoms with Gasteiger partial charge < -0.3 is 10.6 Å². The van der Waals surface area contributed by atoms with E-state index >= 15 is 0 Å². The average Bonchev–Trinajstić information content (AvgIpc) is 2.95. The normalized spacial score (nSPS) is 15.7. The third kappa shape index (κ3) is 4.87. The third-order valence-electron chi connectivity index (χ3n) is 4.56. The molecular weight excluding hydrogens is 386 g/mol. The molecule has 8 heteroatoms. The van der Waals surface area contributed by atoms with E-state index in [0.717, 1.165) is 5.56 Å².